The van der Waals surface area contributed by atoms with E-state index in [1.807, 2.05) is 23.7 Å². The topological polar surface area (TPSA) is 55.9 Å². The van der Waals surface area contributed by atoms with Crippen LogP contribution in [0.3, 0.4) is 0 Å². The Hall–Kier alpha value is -1.62. The highest BCUT2D eigenvalue weighted by molar-refractivity contribution is 5.11. The van der Waals surface area contributed by atoms with Gasteiger partial charge in [-0.05, 0) is 32.5 Å². The third-order valence-electron chi connectivity index (χ3n) is 2.94. The van der Waals surface area contributed by atoms with Crippen molar-refractivity contribution < 1.29 is 4.42 Å². The van der Waals surface area contributed by atoms with E-state index in [-0.39, 0.29) is 6.04 Å². The average molecular weight is 248 g/mol. The lowest BCUT2D eigenvalue weighted by Crippen LogP contribution is -2.24. The van der Waals surface area contributed by atoms with Gasteiger partial charge in [-0.3, -0.25) is 4.68 Å². The van der Waals surface area contributed by atoms with Gasteiger partial charge in [-0.25, -0.2) is 4.98 Å². The molecule has 0 radical (unpaired) electrons. The molecule has 0 aliphatic rings. The van der Waals surface area contributed by atoms with Crippen molar-refractivity contribution in [3.63, 3.8) is 0 Å². The zero-order valence-corrected chi connectivity index (χ0v) is 11.2. The standard InChI is InChI=1S/C13H20N4O/c1-4-14-11(12-7-6-10(3)18-12)8-13-15-9-16-17(13)5-2/h6-7,9,11,14H,4-5,8H2,1-3H3. The summed E-state index contributed by atoms with van der Waals surface area (Å²) in [7, 11) is 0. The first-order valence-corrected chi connectivity index (χ1v) is 6.41. The Morgan fingerprint density at radius 1 is 1.39 bits per heavy atom. The third kappa shape index (κ3) is 2.79. The molecule has 0 spiro atoms. The average Bonchev–Trinajstić information content (AvgIpc) is 2.97. The second kappa shape index (κ2) is 5.82. The Morgan fingerprint density at radius 2 is 2.22 bits per heavy atom. The maximum atomic E-state index is 5.70. The molecule has 0 saturated heterocycles. The number of furan rings is 1. The van der Waals surface area contributed by atoms with Gasteiger partial charge < -0.3 is 9.73 Å². The molecular weight excluding hydrogens is 228 g/mol. The SMILES string of the molecule is CCNC(Cc1ncnn1CC)c1ccc(C)o1. The first-order chi connectivity index (χ1) is 8.74. The minimum atomic E-state index is 0.151. The Labute approximate surface area is 107 Å². The van der Waals surface area contributed by atoms with Gasteiger partial charge in [-0.15, -0.1) is 0 Å². The van der Waals surface area contributed by atoms with Crippen molar-refractivity contribution in [2.75, 3.05) is 6.54 Å². The second-order valence-electron chi connectivity index (χ2n) is 4.25. The highest BCUT2D eigenvalue weighted by Crippen LogP contribution is 2.19. The van der Waals surface area contributed by atoms with Crippen LogP contribution in [-0.2, 0) is 13.0 Å². The molecule has 1 atom stereocenters. The molecule has 5 nitrogen and oxygen atoms in total. The highest BCUT2D eigenvalue weighted by atomic mass is 16.3. The maximum Gasteiger partial charge on any atom is 0.138 e. The number of aryl methyl sites for hydroxylation is 2. The number of nitrogens with zero attached hydrogens (tertiary/aromatic N) is 3. The molecule has 0 aromatic carbocycles. The molecule has 0 bridgehead atoms. The van der Waals surface area contributed by atoms with Crippen LogP contribution in [0, 0.1) is 6.92 Å². The molecule has 18 heavy (non-hydrogen) atoms. The second-order valence-corrected chi connectivity index (χ2v) is 4.25. The fourth-order valence-electron chi connectivity index (χ4n) is 2.05. The molecule has 1 unspecified atom stereocenters. The molecule has 2 aromatic rings. The minimum absolute atomic E-state index is 0.151. The summed E-state index contributed by atoms with van der Waals surface area (Å²) >= 11 is 0. The molecule has 0 fully saturated rings. The third-order valence-corrected chi connectivity index (χ3v) is 2.94. The van der Waals surface area contributed by atoms with E-state index in [1.54, 1.807) is 6.33 Å². The molecule has 1 N–H and O–H groups in total. The lowest BCUT2D eigenvalue weighted by atomic mass is 10.1. The summed E-state index contributed by atoms with van der Waals surface area (Å²) in [5, 5.41) is 7.62. The van der Waals surface area contributed by atoms with Crippen LogP contribution >= 0.6 is 0 Å². The molecular formula is C13H20N4O. The van der Waals surface area contributed by atoms with Gasteiger partial charge in [0.2, 0.25) is 0 Å². The quantitative estimate of drug-likeness (QED) is 0.850. The number of likely N-dealkylation sites (N-methyl/N-ethyl adjacent to an activating group) is 1. The fraction of sp³-hybridized carbons (Fsp3) is 0.538. The highest BCUT2D eigenvalue weighted by Gasteiger charge is 2.17. The zero-order valence-electron chi connectivity index (χ0n) is 11.2. The molecule has 5 heteroatoms. The Bertz CT molecular complexity index is 489. The largest absolute Gasteiger partial charge is 0.465 e. The molecule has 0 amide bonds. The van der Waals surface area contributed by atoms with Crippen LogP contribution < -0.4 is 5.32 Å². The van der Waals surface area contributed by atoms with Gasteiger partial charge in [0, 0.05) is 13.0 Å². The zero-order chi connectivity index (χ0) is 13.0. The van der Waals surface area contributed by atoms with Crippen LogP contribution in [-0.4, -0.2) is 21.3 Å². The minimum Gasteiger partial charge on any atom is -0.465 e. The lowest BCUT2D eigenvalue weighted by molar-refractivity contribution is 0.394. The van der Waals surface area contributed by atoms with E-state index < -0.39 is 0 Å². The van der Waals surface area contributed by atoms with Gasteiger partial charge in [-0.1, -0.05) is 6.92 Å². The van der Waals surface area contributed by atoms with Crippen LogP contribution in [0.4, 0.5) is 0 Å². The van der Waals surface area contributed by atoms with Gasteiger partial charge in [-0.2, -0.15) is 5.10 Å². The number of nitrogens with one attached hydrogen (secondary N) is 1. The van der Waals surface area contributed by atoms with E-state index in [4.69, 9.17) is 4.42 Å². The van der Waals surface area contributed by atoms with Gasteiger partial charge in [0.1, 0.15) is 23.7 Å². The van der Waals surface area contributed by atoms with E-state index >= 15 is 0 Å². The Balaban J connectivity index is 2.16. The van der Waals surface area contributed by atoms with Crippen molar-refractivity contribution in [3.05, 3.63) is 35.8 Å². The summed E-state index contributed by atoms with van der Waals surface area (Å²) in [5.74, 6) is 2.88. The van der Waals surface area contributed by atoms with Gasteiger partial charge in [0.05, 0.1) is 6.04 Å². The molecule has 0 aliphatic carbocycles. The van der Waals surface area contributed by atoms with Crippen molar-refractivity contribution in [2.24, 2.45) is 0 Å². The molecule has 98 valence electrons. The summed E-state index contributed by atoms with van der Waals surface area (Å²) < 4.78 is 7.62. The van der Waals surface area contributed by atoms with Gasteiger partial charge in [0.25, 0.3) is 0 Å². The van der Waals surface area contributed by atoms with Crippen LogP contribution in [0.25, 0.3) is 0 Å². The summed E-state index contributed by atoms with van der Waals surface area (Å²) in [5.41, 5.74) is 0. The van der Waals surface area contributed by atoms with Gasteiger partial charge in [0.15, 0.2) is 0 Å². The Morgan fingerprint density at radius 3 is 2.83 bits per heavy atom. The molecule has 2 rings (SSSR count). The molecule has 0 saturated carbocycles. The predicted octanol–water partition coefficient (Wildman–Crippen LogP) is 2.09. The first kappa shape index (κ1) is 12.8. The summed E-state index contributed by atoms with van der Waals surface area (Å²) in [6.45, 7) is 7.85. The lowest BCUT2D eigenvalue weighted by Gasteiger charge is -2.15. The van der Waals surface area contributed by atoms with Crippen molar-refractivity contribution in [1.29, 1.82) is 0 Å². The van der Waals surface area contributed by atoms with Crippen LogP contribution in [0.15, 0.2) is 22.9 Å². The van der Waals surface area contributed by atoms with Gasteiger partial charge >= 0.3 is 0 Å². The number of hydrogen-bond donors (Lipinski definition) is 1. The summed E-state index contributed by atoms with van der Waals surface area (Å²) in [6.07, 6.45) is 2.39. The molecule has 2 heterocycles. The summed E-state index contributed by atoms with van der Waals surface area (Å²) in [4.78, 5) is 4.31. The van der Waals surface area contributed by atoms with Crippen molar-refractivity contribution in [1.82, 2.24) is 20.1 Å². The Kier molecular flexibility index (Phi) is 4.15. The molecule has 2 aromatic heterocycles. The maximum absolute atomic E-state index is 5.70. The van der Waals surface area contributed by atoms with E-state index in [0.29, 0.717) is 0 Å². The van der Waals surface area contributed by atoms with Crippen LogP contribution in [0.2, 0.25) is 0 Å². The first-order valence-electron chi connectivity index (χ1n) is 6.41. The van der Waals surface area contributed by atoms with Crippen LogP contribution in [0.5, 0.6) is 0 Å². The monoisotopic (exact) mass is 248 g/mol. The van der Waals surface area contributed by atoms with E-state index in [1.165, 1.54) is 0 Å². The van der Waals surface area contributed by atoms with Crippen molar-refractivity contribution in [2.45, 2.75) is 39.8 Å². The van der Waals surface area contributed by atoms with Crippen molar-refractivity contribution >= 4 is 0 Å². The summed E-state index contributed by atoms with van der Waals surface area (Å²) in [6, 6.07) is 4.16. The normalized spacial score (nSPS) is 12.8. The number of rotatable bonds is 6. The van der Waals surface area contributed by atoms with Crippen molar-refractivity contribution in [3.8, 4) is 0 Å². The van der Waals surface area contributed by atoms with E-state index in [0.717, 1.165) is 36.9 Å². The smallest absolute Gasteiger partial charge is 0.138 e. The van der Waals surface area contributed by atoms with Crippen LogP contribution in [0.1, 0.15) is 37.2 Å². The fourth-order valence-corrected chi connectivity index (χ4v) is 2.05. The van der Waals surface area contributed by atoms with E-state index in [2.05, 4.69) is 29.2 Å². The van der Waals surface area contributed by atoms with E-state index in [9.17, 15) is 0 Å². The number of hydrogen-bond acceptors (Lipinski definition) is 4. The number of aromatic nitrogens is 3. The molecule has 0 aliphatic heterocycles. The predicted molar refractivity (Wildman–Crippen MR) is 69.3 cm³/mol.